The Hall–Kier alpha value is -2.30. The number of methoxy groups -OCH3 is 1. The maximum Gasteiger partial charge on any atom is 0.337 e. The van der Waals surface area contributed by atoms with Crippen LogP contribution in [0.1, 0.15) is 27.5 Å². The molecule has 0 aromatic heterocycles. The van der Waals surface area contributed by atoms with Crippen LogP contribution < -0.4 is 5.32 Å². The van der Waals surface area contributed by atoms with Gasteiger partial charge in [-0.2, -0.15) is 0 Å². The Kier molecular flexibility index (Phi) is 2.55. The topological polar surface area (TPSA) is 75.6 Å². The largest absolute Gasteiger partial charge is 0.515 e. The van der Waals surface area contributed by atoms with Crippen LogP contribution in [0.15, 0.2) is 30.0 Å². The molecule has 2 atom stereocenters. The summed E-state index contributed by atoms with van der Waals surface area (Å²) in [6.07, 6.45) is 1.57. The molecule has 1 aliphatic heterocycles. The molecule has 0 spiro atoms. The molecule has 0 radical (unpaired) electrons. The van der Waals surface area contributed by atoms with Crippen LogP contribution in [0, 0.1) is 5.92 Å². The van der Waals surface area contributed by atoms with E-state index >= 15 is 0 Å². The van der Waals surface area contributed by atoms with Crippen LogP contribution in [0.3, 0.4) is 0 Å². The van der Waals surface area contributed by atoms with Crippen molar-refractivity contribution in [3.8, 4) is 0 Å². The van der Waals surface area contributed by atoms with Crippen molar-refractivity contribution in [1.82, 2.24) is 5.32 Å². The fraction of sp³-hybridized carbons (Fsp3) is 0.286. The van der Waals surface area contributed by atoms with Crippen LogP contribution >= 0.6 is 0 Å². The maximum atomic E-state index is 11.7. The molecule has 1 aromatic rings. The Bertz CT molecular complexity index is 605. The molecule has 1 fully saturated rings. The molecule has 5 heteroatoms. The molecular weight excluding hydrogens is 246 g/mol. The summed E-state index contributed by atoms with van der Waals surface area (Å²) >= 11 is 0. The highest BCUT2D eigenvalue weighted by atomic mass is 16.5. The predicted molar refractivity (Wildman–Crippen MR) is 66.6 cm³/mol. The fourth-order valence-corrected chi connectivity index (χ4v) is 2.90. The molecule has 1 heterocycles. The summed E-state index contributed by atoms with van der Waals surface area (Å²) in [5.41, 5.74) is 2.89. The van der Waals surface area contributed by atoms with Crippen LogP contribution in [-0.2, 0) is 16.0 Å². The van der Waals surface area contributed by atoms with Gasteiger partial charge < -0.3 is 15.2 Å². The van der Waals surface area contributed by atoms with Gasteiger partial charge in [-0.3, -0.25) is 4.79 Å². The SMILES string of the molecule is COC(=O)c1ccc2c(c1)C1NC(=O)/C(=C/O)C1C2. The number of fused-ring (bicyclic) bond motifs is 3. The van der Waals surface area contributed by atoms with Crippen LogP contribution in [0.4, 0.5) is 0 Å². The van der Waals surface area contributed by atoms with Gasteiger partial charge in [-0.15, -0.1) is 0 Å². The summed E-state index contributed by atoms with van der Waals surface area (Å²) in [7, 11) is 1.34. The van der Waals surface area contributed by atoms with Crippen molar-refractivity contribution in [2.45, 2.75) is 12.5 Å². The third-order valence-electron chi connectivity index (χ3n) is 3.83. The zero-order valence-corrected chi connectivity index (χ0v) is 10.3. The lowest BCUT2D eigenvalue weighted by Gasteiger charge is -2.10. The molecule has 3 rings (SSSR count). The van der Waals surface area contributed by atoms with E-state index in [-0.39, 0.29) is 17.9 Å². The number of esters is 1. The number of rotatable bonds is 1. The molecule has 1 amide bonds. The van der Waals surface area contributed by atoms with Gasteiger partial charge >= 0.3 is 5.97 Å². The summed E-state index contributed by atoms with van der Waals surface area (Å²) < 4.78 is 4.69. The minimum atomic E-state index is -0.395. The van der Waals surface area contributed by atoms with Gasteiger partial charge in [-0.1, -0.05) is 6.07 Å². The van der Waals surface area contributed by atoms with E-state index in [0.717, 1.165) is 17.4 Å². The minimum Gasteiger partial charge on any atom is -0.515 e. The van der Waals surface area contributed by atoms with Crippen molar-refractivity contribution in [3.63, 3.8) is 0 Å². The lowest BCUT2D eigenvalue weighted by atomic mass is 9.97. The summed E-state index contributed by atoms with van der Waals surface area (Å²) in [5.74, 6) is -0.694. The molecule has 2 unspecified atom stereocenters. The first-order valence-corrected chi connectivity index (χ1v) is 6.02. The Morgan fingerprint density at radius 3 is 3.00 bits per heavy atom. The molecule has 1 aliphatic carbocycles. The van der Waals surface area contributed by atoms with Crippen molar-refractivity contribution in [3.05, 3.63) is 46.7 Å². The predicted octanol–water partition coefficient (Wildman–Crippen LogP) is 1.26. The second-order valence-corrected chi connectivity index (χ2v) is 4.75. The first-order chi connectivity index (χ1) is 9.15. The molecule has 5 nitrogen and oxygen atoms in total. The van der Waals surface area contributed by atoms with E-state index < -0.39 is 5.97 Å². The van der Waals surface area contributed by atoms with Gasteiger partial charge in [0.25, 0.3) is 5.91 Å². The number of nitrogens with one attached hydrogen (secondary N) is 1. The molecular formula is C14H13NO4. The van der Waals surface area contributed by atoms with Crippen molar-refractivity contribution < 1.29 is 19.4 Å². The van der Waals surface area contributed by atoms with Crippen LogP contribution in [0.25, 0.3) is 0 Å². The summed E-state index contributed by atoms with van der Waals surface area (Å²) in [6.45, 7) is 0. The van der Waals surface area contributed by atoms with Gasteiger partial charge in [0.2, 0.25) is 0 Å². The van der Waals surface area contributed by atoms with Crippen LogP contribution in [-0.4, -0.2) is 24.1 Å². The first-order valence-electron chi connectivity index (χ1n) is 6.02. The maximum absolute atomic E-state index is 11.7. The average Bonchev–Trinajstić information content (AvgIpc) is 2.91. The Balaban J connectivity index is 2.02. The quantitative estimate of drug-likeness (QED) is 0.452. The van der Waals surface area contributed by atoms with E-state index in [4.69, 9.17) is 9.84 Å². The third kappa shape index (κ3) is 1.62. The van der Waals surface area contributed by atoms with Gasteiger partial charge in [0.15, 0.2) is 0 Å². The van der Waals surface area contributed by atoms with Gasteiger partial charge in [0, 0.05) is 5.92 Å². The van der Waals surface area contributed by atoms with E-state index in [9.17, 15) is 9.59 Å². The van der Waals surface area contributed by atoms with E-state index in [0.29, 0.717) is 17.6 Å². The number of benzene rings is 1. The van der Waals surface area contributed by atoms with Gasteiger partial charge in [-0.05, 0) is 29.7 Å². The van der Waals surface area contributed by atoms with Crippen molar-refractivity contribution in [1.29, 1.82) is 0 Å². The van der Waals surface area contributed by atoms with Gasteiger partial charge in [0.05, 0.1) is 30.6 Å². The van der Waals surface area contributed by atoms with Gasteiger partial charge in [-0.25, -0.2) is 4.79 Å². The number of hydrogen-bond acceptors (Lipinski definition) is 4. The van der Waals surface area contributed by atoms with Crippen molar-refractivity contribution in [2.24, 2.45) is 5.92 Å². The number of hydrogen-bond donors (Lipinski definition) is 2. The Morgan fingerprint density at radius 2 is 2.32 bits per heavy atom. The summed E-state index contributed by atoms with van der Waals surface area (Å²) in [6, 6.07) is 5.19. The molecule has 1 saturated heterocycles. The molecule has 0 saturated carbocycles. The zero-order chi connectivity index (χ0) is 13.6. The monoisotopic (exact) mass is 259 g/mol. The number of carbonyl (C=O) groups is 2. The molecule has 19 heavy (non-hydrogen) atoms. The van der Waals surface area contributed by atoms with Crippen LogP contribution in [0.2, 0.25) is 0 Å². The Morgan fingerprint density at radius 1 is 1.53 bits per heavy atom. The average molecular weight is 259 g/mol. The molecule has 2 aliphatic rings. The smallest absolute Gasteiger partial charge is 0.337 e. The van der Waals surface area contributed by atoms with Crippen LogP contribution in [0.5, 0.6) is 0 Å². The van der Waals surface area contributed by atoms with E-state index in [2.05, 4.69) is 5.32 Å². The number of carbonyl (C=O) groups excluding carboxylic acids is 2. The highest BCUT2D eigenvalue weighted by Gasteiger charge is 2.44. The third-order valence-corrected chi connectivity index (χ3v) is 3.83. The van der Waals surface area contributed by atoms with Crippen molar-refractivity contribution >= 4 is 11.9 Å². The number of ether oxygens (including phenoxy) is 1. The van der Waals surface area contributed by atoms with Crippen molar-refractivity contribution in [2.75, 3.05) is 7.11 Å². The number of aliphatic hydroxyl groups excluding tert-OH is 1. The standard InChI is InChI=1S/C14H13NO4/c1-19-14(18)8-3-2-7-4-10-11(6-16)13(17)15-12(10)9(7)5-8/h2-3,5-6,10,12,16H,4H2,1H3,(H,15,17)/b11-6+. The van der Waals surface area contributed by atoms with E-state index in [1.54, 1.807) is 12.1 Å². The van der Waals surface area contributed by atoms with E-state index in [1.165, 1.54) is 7.11 Å². The zero-order valence-electron chi connectivity index (χ0n) is 10.3. The highest BCUT2D eigenvalue weighted by molar-refractivity contribution is 5.97. The number of amides is 1. The summed E-state index contributed by atoms with van der Waals surface area (Å²) in [5, 5.41) is 12.0. The lowest BCUT2D eigenvalue weighted by Crippen LogP contribution is -2.19. The highest BCUT2D eigenvalue weighted by Crippen LogP contribution is 2.44. The molecule has 1 aromatic carbocycles. The second kappa shape index (κ2) is 4.12. The molecule has 0 bridgehead atoms. The van der Waals surface area contributed by atoms with E-state index in [1.807, 2.05) is 6.07 Å². The van der Waals surface area contributed by atoms with Gasteiger partial charge in [0.1, 0.15) is 0 Å². The normalized spacial score (nSPS) is 25.9. The lowest BCUT2D eigenvalue weighted by molar-refractivity contribution is -0.116. The first kappa shape index (κ1) is 11.8. The Labute approximate surface area is 109 Å². The molecule has 2 N–H and O–H groups in total. The second-order valence-electron chi connectivity index (χ2n) is 4.75. The minimum absolute atomic E-state index is 0.0552. The summed E-state index contributed by atoms with van der Waals surface area (Å²) in [4.78, 5) is 23.2. The molecule has 98 valence electrons. The fourth-order valence-electron chi connectivity index (χ4n) is 2.90. The number of aliphatic hydroxyl groups is 1.